The van der Waals surface area contributed by atoms with Crippen LogP contribution in [0, 0.1) is 0 Å². The van der Waals surface area contributed by atoms with Crippen molar-refractivity contribution in [3.05, 3.63) is 28.7 Å². The fourth-order valence-corrected chi connectivity index (χ4v) is 2.57. The monoisotopic (exact) mass is 282 g/mol. The minimum atomic E-state index is 0.584. The molecule has 1 N–H and O–H groups in total. The molecule has 1 aliphatic rings. The number of likely N-dealkylation sites (tertiary alicyclic amines) is 1. The zero-order chi connectivity index (χ0) is 11.5. The lowest BCUT2D eigenvalue weighted by Gasteiger charge is -2.21. The Labute approximate surface area is 106 Å². The van der Waals surface area contributed by atoms with Gasteiger partial charge >= 0.3 is 0 Å². The molecule has 1 unspecified atom stereocenters. The molecule has 0 radical (unpaired) electrons. The van der Waals surface area contributed by atoms with Gasteiger partial charge in [-0.05, 0) is 48.3 Å². The van der Waals surface area contributed by atoms with Gasteiger partial charge in [-0.3, -0.25) is 4.90 Å². The molecular formula is C13H19BrN2. The van der Waals surface area contributed by atoms with Crippen LogP contribution in [-0.4, -0.2) is 30.1 Å². The van der Waals surface area contributed by atoms with Gasteiger partial charge in [-0.15, -0.1) is 0 Å². The van der Waals surface area contributed by atoms with Crippen molar-refractivity contribution in [1.82, 2.24) is 4.90 Å². The van der Waals surface area contributed by atoms with E-state index in [0.29, 0.717) is 12.1 Å². The second kappa shape index (κ2) is 5.19. The minimum absolute atomic E-state index is 0.584. The summed E-state index contributed by atoms with van der Waals surface area (Å²) in [7, 11) is 0. The van der Waals surface area contributed by atoms with Crippen LogP contribution < -0.4 is 5.32 Å². The topological polar surface area (TPSA) is 15.3 Å². The first-order valence-electron chi connectivity index (χ1n) is 5.92. The molecule has 0 bridgehead atoms. The van der Waals surface area contributed by atoms with Gasteiger partial charge in [0.25, 0.3) is 0 Å². The van der Waals surface area contributed by atoms with E-state index in [1.165, 1.54) is 18.7 Å². The van der Waals surface area contributed by atoms with E-state index in [-0.39, 0.29) is 0 Å². The zero-order valence-corrected chi connectivity index (χ0v) is 11.5. The van der Waals surface area contributed by atoms with Crippen LogP contribution in [0.2, 0.25) is 0 Å². The molecule has 88 valence electrons. The third-order valence-corrected chi connectivity index (χ3v) is 3.87. The van der Waals surface area contributed by atoms with Crippen molar-refractivity contribution >= 4 is 21.6 Å². The Bertz CT molecular complexity index is 352. The summed E-state index contributed by atoms with van der Waals surface area (Å²) in [5.74, 6) is 0. The fourth-order valence-electron chi connectivity index (χ4n) is 2.17. The first-order chi connectivity index (χ1) is 7.66. The lowest BCUT2D eigenvalue weighted by Crippen LogP contribution is -2.31. The largest absolute Gasteiger partial charge is 0.380 e. The highest BCUT2D eigenvalue weighted by atomic mass is 79.9. The summed E-state index contributed by atoms with van der Waals surface area (Å²) in [5, 5.41) is 3.61. The van der Waals surface area contributed by atoms with Gasteiger partial charge in [-0.1, -0.05) is 12.1 Å². The number of nitrogens with zero attached hydrogens (tertiary/aromatic N) is 1. The minimum Gasteiger partial charge on any atom is -0.380 e. The molecule has 0 aromatic heterocycles. The Kier molecular flexibility index (Phi) is 3.87. The van der Waals surface area contributed by atoms with Crippen molar-refractivity contribution in [2.45, 2.75) is 32.4 Å². The number of para-hydroxylation sites is 1. The predicted octanol–water partition coefficient (Wildman–Crippen LogP) is 3.34. The molecule has 2 rings (SSSR count). The van der Waals surface area contributed by atoms with Gasteiger partial charge in [-0.2, -0.15) is 0 Å². The van der Waals surface area contributed by atoms with Gasteiger partial charge in [0.05, 0.1) is 0 Å². The summed E-state index contributed by atoms with van der Waals surface area (Å²) in [6.45, 7) is 6.89. The third-order valence-electron chi connectivity index (χ3n) is 3.18. The molecule has 2 nitrogen and oxygen atoms in total. The summed E-state index contributed by atoms with van der Waals surface area (Å²) < 4.78 is 1.15. The molecule has 1 fully saturated rings. The van der Waals surface area contributed by atoms with E-state index in [4.69, 9.17) is 0 Å². The number of hydrogen-bond donors (Lipinski definition) is 1. The Morgan fingerprint density at radius 3 is 2.75 bits per heavy atom. The predicted molar refractivity (Wildman–Crippen MR) is 72.9 cm³/mol. The molecule has 3 heteroatoms. The molecule has 1 atom stereocenters. The fraction of sp³-hybridized carbons (Fsp3) is 0.538. The van der Waals surface area contributed by atoms with Gasteiger partial charge < -0.3 is 5.32 Å². The van der Waals surface area contributed by atoms with Crippen molar-refractivity contribution in [2.75, 3.05) is 18.4 Å². The van der Waals surface area contributed by atoms with E-state index in [9.17, 15) is 0 Å². The van der Waals surface area contributed by atoms with Crippen molar-refractivity contribution in [1.29, 1.82) is 0 Å². The normalized spacial score (nSPS) is 21.6. The van der Waals surface area contributed by atoms with Crippen LogP contribution in [0.15, 0.2) is 28.7 Å². The van der Waals surface area contributed by atoms with Crippen LogP contribution in [0.4, 0.5) is 5.69 Å². The summed E-state index contributed by atoms with van der Waals surface area (Å²) >= 11 is 3.57. The molecule has 1 aromatic rings. The summed E-state index contributed by atoms with van der Waals surface area (Å²) in [4.78, 5) is 2.52. The lowest BCUT2D eigenvalue weighted by atomic mass is 10.2. The number of hydrogen-bond acceptors (Lipinski definition) is 2. The number of halogens is 1. The summed E-state index contributed by atoms with van der Waals surface area (Å²) in [6, 6.07) is 9.57. The van der Waals surface area contributed by atoms with Crippen LogP contribution in [-0.2, 0) is 0 Å². The van der Waals surface area contributed by atoms with E-state index >= 15 is 0 Å². The van der Waals surface area contributed by atoms with E-state index in [1.54, 1.807) is 0 Å². The highest BCUT2D eigenvalue weighted by molar-refractivity contribution is 9.10. The zero-order valence-electron chi connectivity index (χ0n) is 9.91. The molecule has 0 aliphatic carbocycles. The molecule has 16 heavy (non-hydrogen) atoms. The number of anilines is 1. The van der Waals surface area contributed by atoms with Gasteiger partial charge in [0.15, 0.2) is 0 Å². The smallest absolute Gasteiger partial charge is 0.0487 e. The van der Waals surface area contributed by atoms with Crippen LogP contribution >= 0.6 is 15.9 Å². The Balaban J connectivity index is 1.95. The van der Waals surface area contributed by atoms with Crippen molar-refractivity contribution < 1.29 is 0 Å². The quantitative estimate of drug-likeness (QED) is 0.915. The summed E-state index contributed by atoms with van der Waals surface area (Å²) in [5.41, 5.74) is 1.21. The maximum Gasteiger partial charge on any atom is 0.0487 e. The molecule has 0 amide bonds. The average Bonchev–Trinajstić information content (AvgIpc) is 2.70. The van der Waals surface area contributed by atoms with Crippen LogP contribution in [0.5, 0.6) is 0 Å². The molecular weight excluding hydrogens is 264 g/mol. The summed E-state index contributed by atoms with van der Waals surface area (Å²) in [6.07, 6.45) is 1.24. The molecule has 0 saturated carbocycles. The van der Waals surface area contributed by atoms with Crippen LogP contribution in [0.1, 0.15) is 20.3 Å². The molecule has 1 aromatic carbocycles. The van der Waals surface area contributed by atoms with Crippen molar-refractivity contribution in [3.8, 4) is 0 Å². The van der Waals surface area contributed by atoms with Gasteiger partial charge in [0.2, 0.25) is 0 Å². The average molecular weight is 283 g/mol. The first-order valence-corrected chi connectivity index (χ1v) is 6.71. The SMILES string of the molecule is CC(C)N1CCC(Nc2ccccc2Br)C1. The first kappa shape index (κ1) is 11.9. The van der Waals surface area contributed by atoms with E-state index in [0.717, 1.165) is 11.0 Å². The van der Waals surface area contributed by atoms with Gasteiger partial charge in [-0.25, -0.2) is 0 Å². The van der Waals surface area contributed by atoms with Crippen molar-refractivity contribution in [3.63, 3.8) is 0 Å². The van der Waals surface area contributed by atoms with E-state index in [1.807, 2.05) is 6.07 Å². The van der Waals surface area contributed by atoms with Gasteiger partial charge in [0, 0.05) is 35.3 Å². The molecule has 0 spiro atoms. The van der Waals surface area contributed by atoms with Gasteiger partial charge in [0.1, 0.15) is 0 Å². The number of rotatable bonds is 3. The standard InChI is InChI=1S/C13H19BrN2/c1-10(2)16-8-7-11(9-16)15-13-6-4-3-5-12(13)14/h3-6,10-11,15H,7-9H2,1-2H3. The molecule has 1 saturated heterocycles. The Hall–Kier alpha value is -0.540. The number of nitrogens with one attached hydrogen (secondary N) is 1. The Morgan fingerprint density at radius 2 is 2.12 bits per heavy atom. The second-order valence-corrected chi connectivity index (χ2v) is 5.55. The second-order valence-electron chi connectivity index (χ2n) is 4.70. The molecule has 1 heterocycles. The number of benzene rings is 1. The molecule has 1 aliphatic heterocycles. The van der Waals surface area contributed by atoms with Crippen molar-refractivity contribution in [2.24, 2.45) is 0 Å². The highest BCUT2D eigenvalue weighted by Gasteiger charge is 2.24. The van der Waals surface area contributed by atoms with Crippen LogP contribution in [0.3, 0.4) is 0 Å². The third kappa shape index (κ3) is 2.77. The maximum atomic E-state index is 3.61. The lowest BCUT2D eigenvalue weighted by molar-refractivity contribution is 0.274. The highest BCUT2D eigenvalue weighted by Crippen LogP contribution is 2.24. The maximum absolute atomic E-state index is 3.61. The van der Waals surface area contributed by atoms with E-state index in [2.05, 4.69) is 58.2 Å². The van der Waals surface area contributed by atoms with E-state index < -0.39 is 0 Å². The van der Waals surface area contributed by atoms with Crippen LogP contribution in [0.25, 0.3) is 0 Å². The Morgan fingerprint density at radius 1 is 1.38 bits per heavy atom.